The average molecular weight is 490 g/mol. The second-order valence-corrected chi connectivity index (χ2v) is 9.35. The number of rotatable bonds is 8. The van der Waals surface area contributed by atoms with Crippen LogP contribution in [0.5, 0.6) is 0 Å². The van der Waals surface area contributed by atoms with Crippen molar-refractivity contribution in [2.45, 2.75) is 19.4 Å². The second-order valence-electron chi connectivity index (χ2n) is 8.92. The molecule has 2 aliphatic rings. The van der Waals surface area contributed by atoms with Crippen LogP contribution in [0.3, 0.4) is 0 Å². The van der Waals surface area contributed by atoms with Crippen LogP contribution in [-0.2, 0) is 6.54 Å². The summed E-state index contributed by atoms with van der Waals surface area (Å²) in [5.74, 6) is -0.554. The summed E-state index contributed by atoms with van der Waals surface area (Å²) in [6.45, 7) is 4.24. The fourth-order valence-electron chi connectivity index (χ4n) is 4.84. The first-order valence-corrected chi connectivity index (χ1v) is 12.2. The molecule has 2 heterocycles. The van der Waals surface area contributed by atoms with Crippen molar-refractivity contribution in [3.05, 3.63) is 82.4 Å². The van der Waals surface area contributed by atoms with Crippen LogP contribution in [0.25, 0.3) is 0 Å². The van der Waals surface area contributed by atoms with Gasteiger partial charge in [0.2, 0.25) is 5.91 Å². The minimum absolute atomic E-state index is 0.0929. The van der Waals surface area contributed by atoms with E-state index in [2.05, 4.69) is 20.4 Å². The molecule has 7 nitrogen and oxygen atoms in total. The SMILES string of the molecule is NC(=O)c1ccc(N(CCN2CCCC2)c2ccc(Nc3cccc(Cl)c3)c3c2C(=O)NC3)cc1. The molecule has 0 bridgehead atoms. The zero-order chi connectivity index (χ0) is 24.4. The summed E-state index contributed by atoms with van der Waals surface area (Å²) in [6, 6.07) is 18.8. The van der Waals surface area contributed by atoms with Crippen LogP contribution in [0.15, 0.2) is 60.7 Å². The van der Waals surface area contributed by atoms with Gasteiger partial charge in [-0.05, 0) is 80.5 Å². The van der Waals surface area contributed by atoms with Crippen LogP contribution in [0, 0.1) is 0 Å². The number of likely N-dealkylation sites (tertiary alicyclic amines) is 1. The van der Waals surface area contributed by atoms with Crippen LogP contribution >= 0.6 is 11.6 Å². The van der Waals surface area contributed by atoms with Crippen molar-refractivity contribution in [3.63, 3.8) is 0 Å². The average Bonchev–Trinajstić information content (AvgIpc) is 3.51. The maximum absolute atomic E-state index is 13.0. The van der Waals surface area contributed by atoms with Gasteiger partial charge in [-0.1, -0.05) is 17.7 Å². The normalized spacial score (nSPS) is 15.1. The van der Waals surface area contributed by atoms with Crippen molar-refractivity contribution in [1.29, 1.82) is 0 Å². The van der Waals surface area contributed by atoms with Gasteiger partial charge in [0.05, 0.1) is 11.3 Å². The molecule has 3 aromatic carbocycles. The summed E-state index contributed by atoms with van der Waals surface area (Å²) in [5, 5.41) is 7.04. The van der Waals surface area contributed by atoms with Crippen molar-refractivity contribution in [1.82, 2.24) is 10.2 Å². The van der Waals surface area contributed by atoms with Gasteiger partial charge < -0.3 is 26.2 Å². The lowest BCUT2D eigenvalue weighted by molar-refractivity contribution is 0.0964. The molecule has 0 spiro atoms. The molecular weight excluding hydrogens is 462 g/mol. The quantitative estimate of drug-likeness (QED) is 0.428. The molecule has 3 aromatic rings. The molecule has 0 radical (unpaired) electrons. The van der Waals surface area contributed by atoms with E-state index in [1.54, 1.807) is 12.1 Å². The van der Waals surface area contributed by atoms with Crippen LogP contribution < -0.4 is 21.3 Å². The number of primary amides is 1. The highest BCUT2D eigenvalue weighted by atomic mass is 35.5. The smallest absolute Gasteiger partial charge is 0.254 e. The van der Waals surface area contributed by atoms with Crippen LogP contribution in [0.2, 0.25) is 5.02 Å². The van der Waals surface area contributed by atoms with Gasteiger partial charge in [0.25, 0.3) is 5.91 Å². The molecule has 180 valence electrons. The Balaban J connectivity index is 1.52. The molecule has 0 aliphatic carbocycles. The van der Waals surface area contributed by atoms with Crippen molar-refractivity contribution in [3.8, 4) is 0 Å². The predicted octanol–water partition coefficient (Wildman–Crippen LogP) is 4.66. The molecule has 5 rings (SSSR count). The fourth-order valence-corrected chi connectivity index (χ4v) is 5.03. The molecule has 0 aromatic heterocycles. The zero-order valence-corrected chi connectivity index (χ0v) is 20.1. The Kier molecular flexibility index (Phi) is 6.61. The zero-order valence-electron chi connectivity index (χ0n) is 19.4. The lowest BCUT2D eigenvalue weighted by Crippen LogP contribution is -2.32. The highest BCUT2D eigenvalue weighted by molar-refractivity contribution is 6.30. The molecule has 0 saturated carbocycles. The number of fused-ring (bicyclic) bond motifs is 1. The molecule has 1 saturated heterocycles. The number of halogens is 1. The summed E-state index contributed by atoms with van der Waals surface area (Å²) >= 11 is 6.16. The Morgan fingerprint density at radius 3 is 2.57 bits per heavy atom. The largest absolute Gasteiger partial charge is 0.366 e. The first-order valence-electron chi connectivity index (χ1n) is 11.9. The highest BCUT2D eigenvalue weighted by Crippen LogP contribution is 2.38. The van der Waals surface area contributed by atoms with Gasteiger partial charge in [-0.3, -0.25) is 9.59 Å². The molecule has 2 aliphatic heterocycles. The number of hydrogen-bond acceptors (Lipinski definition) is 5. The third-order valence-corrected chi connectivity index (χ3v) is 6.88. The maximum atomic E-state index is 13.0. The Morgan fingerprint density at radius 1 is 1.09 bits per heavy atom. The molecule has 35 heavy (non-hydrogen) atoms. The predicted molar refractivity (Wildman–Crippen MR) is 140 cm³/mol. The van der Waals surface area contributed by atoms with E-state index in [-0.39, 0.29) is 5.91 Å². The van der Waals surface area contributed by atoms with E-state index in [9.17, 15) is 9.59 Å². The minimum atomic E-state index is -0.461. The lowest BCUT2D eigenvalue weighted by atomic mass is 10.0. The Bertz CT molecular complexity index is 1250. The Hall–Kier alpha value is -3.55. The maximum Gasteiger partial charge on any atom is 0.254 e. The van der Waals surface area contributed by atoms with E-state index < -0.39 is 5.91 Å². The van der Waals surface area contributed by atoms with Crippen molar-refractivity contribution < 1.29 is 9.59 Å². The van der Waals surface area contributed by atoms with Gasteiger partial charge in [0.15, 0.2) is 0 Å². The van der Waals surface area contributed by atoms with E-state index in [0.29, 0.717) is 22.7 Å². The molecule has 0 unspecified atom stereocenters. The topological polar surface area (TPSA) is 90.7 Å². The first kappa shape index (κ1) is 23.2. The Morgan fingerprint density at radius 2 is 1.86 bits per heavy atom. The van der Waals surface area contributed by atoms with Crippen LogP contribution in [-0.4, -0.2) is 42.9 Å². The molecule has 2 amide bonds. The van der Waals surface area contributed by atoms with Crippen molar-refractivity contribution in [2.24, 2.45) is 5.73 Å². The summed E-state index contributed by atoms with van der Waals surface area (Å²) in [7, 11) is 0. The molecule has 4 N–H and O–H groups in total. The number of amides is 2. The van der Waals surface area contributed by atoms with Crippen molar-refractivity contribution >= 4 is 46.2 Å². The van der Waals surface area contributed by atoms with Gasteiger partial charge in [0.1, 0.15) is 0 Å². The van der Waals surface area contributed by atoms with Crippen LogP contribution in [0.1, 0.15) is 39.1 Å². The van der Waals surface area contributed by atoms with Crippen LogP contribution in [0.4, 0.5) is 22.7 Å². The number of benzene rings is 3. The van der Waals surface area contributed by atoms with Gasteiger partial charge in [-0.15, -0.1) is 0 Å². The van der Waals surface area contributed by atoms with Gasteiger partial charge in [-0.2, -0.15) is 0 Å². The summed E-state index contributed by atoms with van der Waals surface area (Å²) in [5.41, 5.74) is 11.0. The summed E-state index contributed by atoms with van der Waals surface area (Å²) < 4.78 is 0. The monoisotopic (exact) mass is 489 g/mol. The molecule has 0 atom stereocenters. The third kappa shape index (κ3) is 4.97. The number of anilines is 4. The third-order valence-electron chi connectivity index (χ3n) is 6.64. The van der Waals surface area contributed by atoms with E-state index in [0.717, 1.165) is 54.5 Å². The van der Waals surface area contributed by atoms with E-state index in [4.69, 9.17) is 17.3 Å². The fraction of sp³-hybridized carbons (Fsp3) is 0.259. The number of carbonyl (C=O) groups excluding carboxylic acids is 2. The number of hydrogen-bond donors (Lipinski definition) is 3. The highest BCUT2D eigenvalue weighted by Gasteiger charge is 2.29. The number of nitrogens with one attached hydrogen (secondary N) is 2. The van der Waals surface area contributed by atoms with E-state index in [1.807, 2.05) is 48.5 Å². The molecule has 1 fully saturated rings. The standard InChI is InChI=1S/C27H28ClN5O2/c28-19-4-3-5-20(16-19)31-23-10-11-24(25-22(23)17-30-27(25)35)33(15-14-32-12-1-2-13-32)21-8-6-18(7-9-21)26(29)34/h3-11,16,31H,1-2,12-15,17H2,(H2,29,34)(H,30,35). The lowest BCUT2D eigenvalue weighted by Gasteiger charge is -2.29. The van der Waals surface area contributed by atoms with Gasteiger partial charge >= 0.3 is 0 Å². The summed E-state index contributed by atoms with van der Waals surface area (Å²) in [6.07, 6.45) is 2.43. The molecule has 8 heteroatoms. The van der Waals surface area contributed by atoms with E-state index in [1.165, 1.54) is 12.8 Å². The molecular formula is C27H28ClN5O2. The van der Waals surface area contributed by atoms with Gasteiger partial charge in [0, 0.05) is 52.8 Å². The Labute approximate surface area is 209 Å². The van der Waals surface area contributed by atoms with E-state index >= 15 is 0 Å². The second kappa shape index (κ2) is 9.98. The summed E-state index contributed by atoms with van der Waals surface area (Å²) in [4.78, 5) is 29.2. The number of nitrogens with zero attached hydrogens (tertiary/aromatic N) is 2. The van der Waals surface area contributed by atoms with Crippen molar-refractivity contribution in [2.75, 3.05) is 36.4 Å². The number of nitrogens with two attached hydrogens (primary N) is 1. The minimum Gasteiger partial charge on any atom is -0.366 e. The van der Waals surface area contributed by atoms with Gasteiger partial charge in [-0.25, -0.2) is 0 Å². The first-order chi connectivity index (χ1) is 17.0. The number of carbonyl (C=O) groups is 2.